The first-order chi connectivity index (χ1) is 6.74. The van der Waals surface area contributed by atoms with Crippen molar-refractivity contribution in [2.45, 2.75) is 46.5 Å². The highest BCUT2D eigenvalue weighted by Crippen LogP contribution is 2.12. The lowest BCUT2D eigenvalue weighted by molar-refractivity contribution is -0.928. The molecule has 2 nitrogen and oxygen atoms in total. The molecule has 0 saturated carbocycles. The molecule has 1 radical (unpaired) electrons. The van der Waals surface area contributed by atoms with E-state index in [-0.39, 0.29) is 0 Å². The van der Waals surface area contributed by atoms with Crippen molar-refractivity contribution in [3.05, 3.63) is 0 Å². The van der Waals surface area contributed by atoms with Crippen LogP contribution in [0.25, 0.3) is 0 Å². The Hall–Kier alpha value is -0.0800. The zero-order valence-corrected chi connectivity index (χ0v) is 10.3. The Morgan fingerprint density at radius 3 is 1.50 bits per heavy atom. The summed E-state index contributed by atoms with van der Waals surface area (Å²) < 4.78 is 1.27. The maximum Gasteiger partial charge on any atom is 0.0799 e. The number of rotatable bonds is 9. The van der Waals surface area contributed by atoms with Crippen LogP contribution in [0.2, 0.25) is 0 Å². The standard InChI is InChI=1S/C12H28N2/c1-4-9-14(10-5-2,11-6-3)12-7-8-13/h13H,4-12H2,1-3H3/q+1. The molecular formula is C12H28N2+. The van der Waals surface area contributed by atoms with Crippen LogP contribution in [0.1, 0.15) is 46.5 Å². The first kappa shape index (κ1) is 13.9. The third-order valence-corrected chi connectivity index (χ3v) is 2.90. The number of hydrogen-bond acceptors (Lipinski definition) is 0. The van der Waals surface area contributed by atoms with Crippen molar-refractivity contribution in [3.63, 3.8) is 0 Å². The molecule has 85 valence electrons. The van der Waals surface area contributed by atoms with E-state index in [1.807, 2.05) is 0 Å². The average Bonchev–Trinajstić information content (AvgIpc) is 2.16. The van der Waals surface area contributed by atoms with E-state index in [4.69, 9.17) is 5.73 Å². The smallest absolute Gasteiger partial charge is 0.0799 e. The van der Waals surface area contributed by atoms with Crippen LogP contribution in [-0.4, -0.2) is 37.2 Å². The second kappa shape index (κ2) is 8.25. The van der Waals surface area contributed by atoms with Gasteiger partial charge in [-0.1, -0.05) is 20.8 Å². The molecule has 0 rings (SSSR count). The molecule has 0 unspecified atom stereocenters. The van der Waals surface area contributed by atoms with E-state index in [1.54, 1.807) is 0 Å². The topological polar surface area (TPSA) is 23.8 Å². The predicted octanol–water partition coefficient (Wildman–Crippen LogP) is 2.71. The van der Waals surface area contributed by atoms with Gasteiger partial charge in [0, 0.05) is 13.0 Å². The summed E-state index contributed by atoms with van der Waals surface area (Å²) in [6, 6.07) is 0. The van der Waals surface area contributed by atoms with Crippen molar-refractivity contribution in [1.29, 1.82) is 0 Å². The van der Waals surface area contributed by atoms with Gasteiger partial charge in [0.05, 0.1) is 26.2 Å². The predicted molar refractivity (Wildman–Crippen MR) is 63.2 cm³/mol. The highest BCUT2D eigenvalue weighted by molar-refractivity contribution is 4.46. The summed E-state index contributed by atoms with van der Waals surface area (Å²) >= 11 is 0. The van der Waals surface area contributed by atoms with E-state index in [0.717, 1.165) is 6.42 Å². The lowest BCUT2D eigenvalue weighted by Crippen LogP contribution is -2.50. The lowest BCUT2D eigenvalue weighted by atomic mass is 10.2. The fraction of sp³-hybridized carbons (Fsp3) is 1.00. The zero-order valence-electron chi connectivity index (χ0n) is 10.3. The van der Waals surface area contributed by atoms with Crippen LogP contribution in [-0.2, 0) is 0 Å². The maximum absolute atomic E-state index is 7.27. The summed E-state index contributed by atoms with van der Waals surface area (Å²) in [4.78, 5) is 0. The first-order valence-corrected chi connectivity index (χ1v) is 6.24. The van der Waals surface area contributed by atoms with Gasteiger partial charge in [0.15, 0.2) is 0 Å². The monoisotopic (exact) mass is 200 g/mol. The minimum absolute atomic E-state index is 0.594. The van der Waals surface area contributed by atoms with Gasteiger partial charge in [0.25, 0.3) is 0 Å². The Labute approximate surface area is 90.1 Å². The fourth-order valence-corrected chi connectivity index (χ4v) is 2.51. The summed E-state index contributed by atoms with van der Waals surface area (Å²) in [5.74, 6) is 0. The highest BCUT2D eigenvalue weighted by Gasteiger charge is 2.23. The summed E-state index contributed by atoms with van der Waals surface area (Å²) in [6.45, 7) is 12.6. The molecule has 14 heavy (non-hydrogen) atoms. The van der Waals surface area contributed by atoms with Gasteiger partial charge in [-0.25, -0.2) is 0 Å². The Bertz CT molecular complexity index is 106. The Balaban J connectivity index is 4.21. The molecule has 0 fully saturated rings. The quantitative estimate of drug-likeness (QED) is 0.511. The Kier molecular flexibility index (Phi) is 8.20. The molecule has 0 amide bonds. The molecule has 0 spiro atoms. The normalized spacial score (nSPS) is 12.0. The molecule has 0 atom stereocenters. The van der Waals surface area contributed by atoms with Crippen LogP contribution in [0, 0.1) is 0 Å². The number of nitrogens with zero attached hydrogens (tertiary/aromatic N) is 1. The zero-order chi connectivity index (χ0) is 10.9. The van der Waals surface area contributed by atoms with Crippen LogP contribution >= 0.6 is 0 Å². The number of hydrogen-bond donors (Lipinski definition) is 0. The number of nitrogens with one attached hydrogen (secondary N) is 1. The SMILES string of the molecule is CCC[N+](CCC)(CCC)CCC[NH]. The van der Waals surface area contributed by atoms with E-state index in [9.17, 15) is 0 Å². The minimum atomic E-state index is 0.594. The van der Waals surface area contributed by atoms with Crippen molar-refractivity contribution < 1.29 is 4.48 Å². The molecule has 0 aliphatic rings. The summed E-state index contributed by atoms with van der Waals surface area (Å²) in [6.07, 6.45) is 4.90. The van der Waals surface area contributed by atoms with Gasteiger partial charge < -0.3 is 4.48 Å². The largest absolute Gasteiger partial charge is 0.324 e. The molecule has 0 aromatic carbocycles. The third kappa shape index (κ3) is 4.97. The van der Waals surface area contributed by atoms with Crippen LogP contribution in [0.4, 0.5) is 0 Å². The van der Waals surface area contributed by atoms with Crippen molar-refractivity contribution in [2.75, 3.05) is 32.7 Å². The molecule has 2 heteroatoms. The van der Waals surface area contributed by atoms with Gasteiger partial charge in [-0.2, -0.15) is 0 Å². The van der Waals surface area contributed by atoms with E-state index < -0.39 is 0 Å². The van der Waals surface area contributed by atoms with Crippen molar-refractivity contribution in [3.8, 4) is 0 Å². The molecule has 1 N–H and O–H groups in total. The van der Waals surface area contributed by atoms with E-state index in [0.29, 0.717) is 6.54 Å². The van der Waals surface area contributed by atoms with Crippen LogP contribution in [0.3, 0.4) is 0 Å². The van der Waals surface area contributed by atoms with Gasteiger partial charge in [-0.3, -0.25) is 5.73 Å². The second-order valence-electron chi connectivity index (χ2n) is 4.34. The Morgan fingerprint density at radius 2 is 1.21 bits per heavy atom. The molecule has 0 aromatic rings. The average molecular weight is 200 g/mol. The molecule has 0 bridgehead atoms. The lowest BCUT2D eigenvalue weighted by Gasteiger charge is -2.38. The fourth-order valence-electron chi connectivity index (χ4n) is 2.51. The summed E-state index contributed by atoms with van der Waals surface area (Å²) in [5, 5.41) is 0. The van der Waals surface area contributed by atoms with E-state index in [1.165, 1.54) is 49.9 Å². The van der Waals surface area contributed by atoms with E-state index in [2.05, 4.69) is 20.8 Å². The van der Waals surface area contributed by atoms with Crippen molar-refractivity contribution in [1.82, 2.24) is 5.73 Å². The van der Waals surface area contributed by atoms with Crippen LogP contribution in [0.5, 0.6) is 0 Å². The summed E-state index contributed by atoms with van der Waals surface area (Å²) in [7, 11) is 0. The van der Waals surface area contributed by atoms with E-state index >= 15 is 0 Å². The first-order valence-electron chi connectivity index (χ1n) is 6.24. The minimum Gasteiger partial charge on any atom is -0.324 e. The van der Waals surface area contributed by atoms with Crippen LogP contribution < -0.4 is 5.73 Å². The molecule has 0 aromatic heterocycles. The number of quaternary nitrogens is 1. The molecule has 0 aliphatic carbocycles. The second-order valence-corrected chi connectivity index (χ2v) is 4.34. The highest BCUT2D eigenvalue weighted by atomic mass is 15.3. The van der Waals surface area contributed by atoms with Gasteiger partial charge >= 0.3 is 0 Å². The maximum atomic E-state index is 7.27. The van der Waals surface area contributed by atoms with Crippen LogP contribution in [0.15, 0.2) is 0 Å². The van der Waals surface area contributed by atoms with Gasteiger partial charge in [-0.05, 0) is 19.3 Å². The van der Waals surface area contributed by atoms with Gasteiger partial charge in [-0.15, -0.1) is 0 Å². The van der Waals surface area contributed by atoms with Crippen molar-refractivity contribution in [2.24, 2.45) is 0 Å². The van der Waals surface area contributed by atoms with Gasteiger partial charge in [0.2, 0.25) is 0 Å². The molecular weight excluding hydrogens is 172 g/mol. The third-order valence-electron chi connectivity index (χ3n) is 2.90. The molecule has 0 aliphatic heterocycles. The molecule has 0 heterocycles. The Morgan fingerprint density at radius 1 is 0.786 bits per heavy atom. The summed E-state index contributed by atoms with van der Waals surface area (Å²) in [5.41, 5.74) is 7.27. The molecule has 0 saturated heterocycles. The van der Waals surface area contributed by atoms with Crippen molar-refractivity contribution >= 4 is 0 Å². The van der Waals surface area contributed by atoms with Gasteiger partial charge in [0.1, 0.15) is 0 Å².